The molecule has 18 heavy (non-hydrogen) atoms. The normalized spacial score (nSPS) is 15.0. The Balaban J connectivity index is 1.52. The molecule has 0 saturated heterocycles. The highest BCUT2D eigenvalue weighted by atomic mass is 79.9. The molecule has 0 spiro atoms. The summed E-state index contributed by atoms with van der Waals surface area (Å²) in [6.07, 6.45) is 3.71. The van der Waals surface area contributed by atoms with Gasteiger partial charge in [-0.1, -0.05) is 6.07 Å². The molecule has 1 N–H and O–H groups in total. The van der Waals surface area contributed by atoms with E-state index in [0.29, 0.717) is 4.47 Å². The maximum Gasteiger partial charge on any atom is 0.137 e. The van der Waals surface area contributed by atoms with Gasteiger partial charge in [0.25, 0.3) is 0 Å². The van der Waals surface area contributed by atoms with E-state index in [2.05, 4.69) is 21.2 Å². The van der Waals surface area contributed by atoms with Crippen molar-refractivity contribution < 1.29 is 9.13 Å². The van der Waals surface area contributed by atoms with Gasteiger partial charge in [0, 0.05) is 19.8 Å². The van der Waals surface area contributed by atoms with Gasteiger partial charge in [-0.15, -0.1) is 0 Å². The minimum atomic E-state index is -0.216. The van der Waals surface area contributed by atoms with Gasteiger partial charge in [-0.05, 0) is 65.4 Å². The molecule has 0 aliphatic heterocycles. The summed E-state index contributed by atoms with van der Waals surface area (Å²) in [5.41, 5.74) is 1.09. The predicted octanol–water partition coefficient (Wildman–Crippen LogP) is 3.49. The number of nitrogens with one attached hydrogen (secondary N) is 1. The van der Waals surface area contributed by atoms with Crippen molar-refractivity contribution in [3.05, 3.63) is 34.1 Å². The Labute approximate surface area is 116 Å². The van der Waals surface area contributed by atoms with Gasteiger partial charge in [-0.3, -0.25) is 0 Å². The summed E-state index contributed by atoms with van der Waals surface area (Å²) in [6.45, 7) is 3.46. The second kappa shape index (κ2) is 7.22. The van der Waals surface area contributed by atoms with Crippen molar-refractivity contribution in [2.75, 3.05) is 19.8 Å². The van der Waals surface area contributed by atoms with Gasteiger partial charge in [0.2, 0.25) is 0 Å². The van der Waals surface area contributed by atoms with E-state index < -0.39 is 0 Å². The fourth-order valence-electron chi connectivity index (χ4n) is 1.72. The summed E-state index contributed by atoms with van der Waals surface area (Å²) in [5.74, 6) is 0.627. The average molecular weight is 316 g/mol. The standard InChI is InChI=1S/C14H19BrFNO/c15-13-8-12(4-5-14(13)16)9-17-6-1-7-18-10-11-2-3-11/h4-5,8,11,17H,1-3,6-7,9-10H2. The summed E-state index contributed by atoms with van der Waals surface area (Å²) < 4.78 is 19.1. The largest absolute Gasteiger partial charge is 0.381 e. The van der Waals surface area contributed by atoms with E-state index in [1.165, 1.54) is 18.9 Å². The van der Waals surface area contributed by atoms with E-state index in [-0.39, 0.29) is 5.82 Å². The molecule has 2 nitrogen and oxygen atoms in total. The molecule has 100 valence electrons. The van der Waals surface area contributed by atoms with Gasteiger partial charge >= 0.3 is 0 Å². The van der Waals surface area contributed by atoms with Gasteiger partial charge in [0.15, 0.2) is 0 Å². The topological polar surface area (TPSA) is 21.3 Å². The van der Waals surface area contributed by atoms with E-state index in [1.807, 2.05) is 6.07 Å². The van der Waals surface area contributed by atoms with Gasteiger partial charge in [-0.2, -0.15) is 0 Å². The van der Waals surface area contributed by atoms with Crippen molar-refractivity contribution in [1.29, 1.82) is 0 Å². The molecule has 1 aromatic rings. The van der Waals surface area contributed by atoms with Crippen molar-refractivity contribution >= 4 is 15.9 Å². The van der Waals surface area contributed by atoms with Crippen molar-refractivity contribution in [1.82, 2.24) is 5.32 Å². The van der Waals surface area contributed by atoms with Crippen LogP contribution in [0, 0.1) is 11.7 Å². The lowest BCUT2D eigenvalue weighted by Gasteiger charge is -2.06. The highest BCUT2D eigenvalue weighted by Crippen LogP contribution is 2.28. The Morgan fingerprint density at radius 2 is 2.22 bits per heavy atom. The predicted molar refractivity (Wildman–Crippen MR) is 74.0 cm³/mol. The molecule has 1 fully saturated rings. The van der Waals surface area contributed by atoms with Crippen LogP contribution in [0.4, 0.5) is 4.39 Å². The summed E-state index contributed by atoms with van der Waals surface area (Å²) in [5, 5.41) is 3.33. The number of halogens is 2. The zero-order chi connectivity index (χ0) is 12.8. The zero-order valence-corrected chi connectivity index (χ0v) is 12.0. The lowest BCUT2D eigenvalue weighted by molar-refractivity contribution is 0.122. The van der Waals surface area contributed by atoms with Crippen molar-refractivity contribution in [3.63, 3.8) is 0 Å². The van der Waals surface area contributed by atoms with Crippen LogP contribution in [0.5, 0.6) is 0 Å². The van der Waals surface area contributed by atoms with Gasteiger partial charge in [0.05, 0.1) is 4.47 Å². The second-order valence-electron chi connectivity index (χ2n) is 4.80. The molecule has 0 heterocycles. The van der Waals surface area contributed by atoms with Crippen LogP contribution in [0.15, 0.2) is 22.7 Å². The molecule has 1 aliphatic carbocycles. The average Bonchev–Trinajstić information content (AvgIpc) is 3.16. The van der Waals surface area contributed by atoms with Gasteiger partial charge in [-0.25, -0.2) is 4.39 Å². The second-order valence-corrected chi connectivity index (χ2v) is 5.65. The number of rotatable bonds is 8. The Bertz CT molecular complexity index is 382. The van der Waals surface area contributed by atoms with Gasteiger partial charge < -0.3 is 10.1 Å². The third-order valence-electron chi connectivity index (χ3n) is 3.01. The van der Waals surface area contributed by atoms with Gasteiger partial charge in [0.1, 0.15) is 5.82 Å². The van der Waals surface area contributed by atoms with E-state index in [9.17, 15) is 4.39 Å². The van der Waals surface area contributed by atoms with Crippen LogP contribution >= 0.6 is 15.9 Å². The molecule has 0 radical (unpaired) electrons. The van der Waals surface area contributed by atoms with Crippen LogP contribution in [-0.2, 0) is 11.3 Å². The summed E-state index contributed by atoms with van der Waals surface area (Å²) in [6, 6.07) is 5.10. The van der Waals surface area contributed by atoms with Crippen molar-refractivity contribution in [2.24, 2.45) is 5.92 Å². The van der Waals surface area contributed by atoms with Crippen molar-refractivity contribution in [2.45, 2.75) is 25.8 Å². The molecule has 1 aliphatic rings. The molecule has 1 aromatic carbocycles. The first-order chi connectivity index (χ1) is 8.75. The Hall–Kier alpha value is -0.450. The maximum absolute atomic E-state index is 13.0. The third-order valence-corrected chi connectivity index (χ3v) is 3.61. The molecule has 0 atom stereocenters. The van der Waals surface area contributed by atoms with E-state index in [0.717, 1.165) is 44.2 Å². The first kappa shape index (κ1) is 14.0. The third kappa shape index (κ3) is 5.04. The Kier molecular flexibility index (Phi) is 5.60. The summed E-state index contributed by atoms with van der Waals surface area (Å²) >= 11 is 3.19. The molecular formula is C14H19BrFNO. The zero-order valence-electron chi connectivity index (χ0n) is 10.4. The van der Waals surface area contributed by atoms with E-state index in [4.69, 9.17) is 4.74 Å². The summed E-state index contributed by atoms with van der Waals surface area (Å²) in [4.78, 5) is 0. The van der Waals surface area contributed by atoms with Crippen LogP contribution in [-0.4, -0.2) is 19.8 Å². The lowest BCUT2D eigenvalue weighted by Crippen LogP contribution is -2.16. The molecule has 0 aromatic heterocycles. The fourth-order valence-corrected chi connectivity index (χ4v) is 2.14. The molecular weight excluding hydrogens is 297 g/mol. The molecule has 0 unspecified atom stereocenters. The number of hydrogen-bond acceptors (Lipinski definition) is 2. The molecule has 4 heteroatoms. The minimum absolute atomic E-state index is 0.216. The number of benzene rings is 1. The van der Waals surface area contributed by atoms with E-state index >= 15 is 0 Å². The molecule has 1 saturated carbocycles. The minimum Gasteiger partial charge on any atom is -0.381 e. The fraction of sp³-hybridized carbons (Fsp3) is 0.571. The lowest BCUT2D eigenvalue weighted by atomic mass is 10.2. The first-order valence-electron chi connectivity index (χ1n) is 6.48. The SMILES string of the molecule is Fc1ccc(CNCCCOCC2CC2)cc1Br. The number of ether oxygens (including phenoxy) is 1. The first-order valence-corrected chi connectivity index (χ1v) is 7.27. The van der Waals surface area contributed by atoms with Crippen LogP contribution < -0.4 is 5.32 Å². The maximum atomic E-state index is 13.0. The summed E-state index contributed by atoms with van der Waals surface area (Å²) in [7, 11) is 0. The smallest absolute Gasteiger partial charge is 0.137 e. The van der Waals surface area contributed by atoms with Crippen LogP contribution in [0.1, 0.15) is 24.8 Å². The van der Waals surface area contributed by atoms with Crippen LogP contribution in [0.3, 0.4) is 0 Å². The quantitative estimate of drug-likeness (QED) is 0.741. The van der Waals surface area contributed by atoms with Crippen LogP contribution in [0.2, 0.25) is 0 Å². The van der Waals surface area contributed by atoms with E-state index in [1.54, 1.807) is 6.07 Å². The Morgan fingerprint density at radius 3 is 2.94 bits per heavy atom. The molecule has 0 bridgehead atoms. The van der Waals surface area contributed by atoms with Crippen LogP contribution in [0.25, 0.3) is 0 Å². The highest BCUT2D eigenvalue weighted by Gasteiger charge is 2.20. The molecule has 0 amide bonds. The Morgan fingerprint density at radius 1 is 1.39 bits per heavy atom. The highest BCUT2D eigenvalue weighted by molar-refractivity contribution is 9.10. The number of hydrogen-bond donors (Lipinski definition) is 1. The monoisotopic (exact) mass is 315 g/mol. The van der Waals surface area contributed by atoms with Crippen molar-refractivity contribution in [3.8, 4) is 0 Å². The molecule has 2 rings (SSSR count).